The Morgan fingerprint density at radius 1 is 1.12 bits per heavy atom. The molecule has 0 aliphatic rings. The summed E-state index contributed by atoms with van der Waals surface area (Å²) in [6.45, 7) is 0. The standard InChI is InChI=1S/C15H10N6OS2/c22-14(13-8-24-15(18-13)10-5-6-23-7-10)17-11-1-3-12(4-2-11)21-9-16-19-20-21/h1-9H,(H,17,22). The second kappa shape index (κ2) is 6.30. The van der Waals surface area contributed by atoms with Gasteiger partial charge in [0, 0.05) is 22.0 Å². The Hall–Kier alpha value is -2.91. The summed E-state index contributed by atoms with van der Waals surface area (Å²) < 4.78 is 1.54. The Morgan fingerprint density at radius 3 is 2.71 bits per heavy atom. The maximum absolute atomic E-state index is 12.3. The van der Waals surface area contributed by atoms with E-state index in [9.17, 15) is 4.79 Å². The van der Waals surface area contributed by atoms with Crippen molar-refractivity contribution >= 4 is 34.3 Å². The van der Waals surface area contributed by atoms with Gasteiger partial charge < -0.3 is 5.32 Å². The van der Waals surface area contributed by atoms with Gasteiger partial charge in [-0.1, -0.05) is 0 Å². The van der Waals surface area contributed by atoms with Gasteiger partial charge in [-0.2, -0.15) is 11.3 Å². The summed E-state index contributed by atoms with van der Waals surface area (Å²) in [6.07, 6.45) is 1.51. The van der Waals surface area contributed by atoms with Crippen molar-refractivity contribution in [1.29, 1.82) is 0 Å². The molecule has 1 amide bonds. The van der Waals surface area contributed by atoms with Crippen LogP contribution in [0, 0.1) is 0 Å². The Morgan fingerprint density at radius 2 is 2.00 bits per heavy atom. The lowest BCUT2D eigenvalue weighted by Gasteiger charge is -2.04. The molecule has 24 heavy (non-hydrogen) atoms. The van der Waals surface area contributed by atoms with Crippen molar-refractivity contribution in [3.63, 3.8) is 0 Å². The largest absolute Gasteiger partial charge is 0.321 e. The highest BCUT2D eigenvalue weighted by Gasteiger charge is 2.12. The molecule has 0 bridgehead atoms. The van der Waals surface area contributed by atoms with Gasteiger partial charge in [0.05, 0.1) is 5.69 Å². The molecule has 118 valence electrons. The number of anilines is 1. The van der Waals surface area contributed by atoms with E-state index in [0.717, 1.165) is 16.3 Å². The van der Waals surface area contributed by atoms with Crippen molar-refractivity contribution in [2.24, 2.45) is 0 Å². The Bertz CT molecular complexity index is 944. The molecule has 0 aliphatic carbocycles. The highest BCUT2D eigenvalue weighted by atomic mass is 32.1. The summed E-state index contributed by atoms with van der Waals surface area (Å²) >= 11 is 3.06. The number of carbonyl (C=O) groups excluding carboxylic acids is 1. The fraction of sp³-hybridized carbons (Fsp3) is 0. The number of carbonyl (C=O) groups is 1. The number of thiazole rings is 1. The summed E-state index contributed by atoms with van der Waals surface area (Å²) in [5, 5.41) is 20.4. The smallest absolute Gasteiger partial charge is 0.275 e. The quantitative estimate of drug-likeness (QED) is 0.609. The molecule has 4 aromatic rings. The molecule has 0 aliphatic heterocycles. The normalized spacial score (nSPS) is 10.7. The lowest BCUT2D eigenvalue weighted by Crippen LogP contribution is -2.12. The minimum atomic E-state index is -0.233. The number of hydrogen-bond acceptors (Lipinski definition) is 7. The molecule has 9 heteroatoms. The van der Waals surface area contributed by atoms with E-state index >= 15 is 0 Å². The van der Waals surface area contributed by atoms with Gasteiger partial charge in [0.1, 0.15) is 17.0 Å². The van der Waals surface area contributed by atoms with Crippen LogP contribution in [0.25, 0.3) is 16.3 Å². The molecule has 0 radical (unpaired) electrons. The molecule has 0 fully saturated rings. The van der Waals surface area contributed by atoms with Crippen molar-refractivity contribution in [1.82, 2.24) is 25.2 Å². The SMILES string of the molecule is O=C(Nc1ccc(-n2cnnn2)cc1)c1csc(-c2ccsc2)n1. The van der Waals surface area contributed by atoms with Crippen LogP contribution in [0.5, 0.6) is 0 Å². The molecular weight excluding hydrogens is 344 g/mol. The maximum atomic E-state index is 12.3. The second-order valence-corrected chi connectivity index (χ2v) is 6.44. The van der Waals surface area contributed by atoms with Crippen molar-refractivity contribution in [3.8, 4) is 16.3 Å². The maximum Gasteiger partial charge on any atom is 0.275 e. The lowest BCUT2D eigenvalue weighted by molar-refractivity contribution is 0.102. The third-order valence-electron chi connectivity index (χ3n) is 3.24. The zero-order chi connectivity index (χ0) is 16.4. The summed E-state index contributed by atoms with van der Waals surface area (Å²) in [5.74, 6) is -0.233. The number of thiophene rings is 1. The molecule has 3 heterocycles. The number of aromatic nitrogens is 5. The highest BCUT2D eigenvalue weighted by Crippen LogP contribution is 2.26. The van der Waals surface area contributed by atoms with Crippen LogP contribution in [0.2, 0.25) is 0 Å². The fourth-order valence-corrected chi connectivity index (χ4v) is 3.58. The first kappa shape index (κ1) is 14.7. The van der Waals surface area contributed by atoms with E-state index in [4.69, 9.17) is 0 Å². The van der Waals surface area contributed by atoms with E-state index in [1.54, 1.807) is 33.5 Å². The molecular formula is C15H10N6OS2. The van der Waals surface area contributed by atoms with Crippen LogP contribution < -0.4 is 5.32 Å². The van der Waals surface area contributed by atoms with Gasteiger partial charge in [-0.3, -0.25) is 4.79 Å². The zero-order valence-corrected chi connectivity index (χ0v) is 13.8. The zero-order valence-electron chi connectivity index (χ0n) is 12.2. The highest BCUT2D eigenvalue weighted by molar-refractivity contribution is 7.14. The molecule has 7 nitrogen and oxygen atoms in total. The molecule has 0 atom stereocenters. The molecule has 0 unspecified atom stereocenters. The third kappa shape index (κ3) is 2.94. The summed E-state index contributed by atoms with van der Waals surface area (Å²) in [6, 6.07) is 9.22. The molecule has 4 rings (SSSR count). The Kier molecular flexibility index (Phi) is 3.85. The topological polar surface area (TPSA) is 85.6 Å². The first-order chi connectivity index (χ1) is 11.8. The number of nitrogens with one attached hydrogen (secondary N) is 1. The molecule has 0 spiro atoms. The first-order valence-electron chi connectivity index (χ1n) is 6.92. The van der Waals surface area contributed by atoms with Crippen LogP contribution in [0.1, 0.15) is 10.5 Å². The van der Waals surface area contributed by atoms with E-state index in [2.05, 4.69) is 25.8 Å². The predicted molar refractivity (Wildman–Crippen MR) is 92.5 cm³/mol. The van der Waals surface area contributed by atoms with Crippen LogP contribution in [0.3, 0.4) is 0 Å². The number of nitrogens with zero attached hydrogens (tertiary/aromatic N) is 5. The van der Waals surface area contributed by atoms with Crippen molar-refractivity contribution in [2.45, 2.75) is 0 Å². The average molecular weight is 354 g/mol. The van der Waals surface area contributed by atoms with Gasteiger partial charge in [-0.15, -0.1) is 16.4 Å². The van der Waals surface area contributed by atoms with Crippen molar-refractivity contribution in [2.75, 3.05) is 5.32 Å². The molecule has 3 aromatic heterocycles. The predicted octanol–water partition coefficient (Wildman–Crippen LogP) is 3.10. The van der Waals surface area contributed by atoms with Crippen LogP contribution in [0.4, 0.5) is 5.69 Å². The van der Waals surface area contributed by atoms with Crippen LogP contribution in [-0.2, 0) is 0 Å². The molecule has 1 N–H and O–H groups in total. The van der Waals surface area contributed by atoms with E-state index in [-0.39, 0.29) is 5.91 Å². The number of tetrazole rings is 1. The minimum Gasteiger partial charge on any atom is -0.321 e. The second-order valence-electron chi connectivity index (χ2n) is 4.81. The van der Waals surface area contributed by atoms with Gasteiger partial charge in [0.25, 0.3) is 5.91 Å². The number of amides is 1. The van der Waals surface area contributed by atoms with Gasteiger partial charge in [-0.25, -0.2) is 9.67 Å². The fourth-order valence-electron chi connectivity index (χ4n) is 2.07. The van der Waals surface area contributed by atoms with Crippen LogP contribution in [-0.4, -0.2) is 31.1 Å². The lowest BCUT2D eigenvalue weighted by atomic mass is 10.2. The third-order valence-corrected chi connectivity index (χ3v) is 4.82. The van der Waals surface area contributed by atoms with Crippen LogP contribution in [0.15, 0.2) is 52.8 Å². The molecule has 1 aromatic carbocycles. The average Bonchev–Trinajstić information content (AvgIpc) is 3.35. The van der Waals surface area contributed by atoms with Gasteiger partial charge in [0.15, 0.2) is 0 Å². The number of rotatable bonds is 4. The van der Waals surface area contributed by atoms with Gasteiger partial charge in [-0.05, 0) is 46.1 Å². The summed E-state index contributed by atoms with van der Waals surface area (Å²) in [4.78, 5) is 16.7. The van der Waals surface area contributed by atoms with E-state index in [0.29, 0.717) is 11.4 Å². The van der Waals surface area contributed by atoms with Crippen LogP contribution >= 0.6 is 22.7 Å². The summed E-state index contributed by atoms with van der Waals surface area (Å²) in [5.41, 5.74) is 2.94. The molecule has 0 saturated carbocycles. The van der Waals surface area contributed by atoms with Crippen molar-refractivity contribution < 1.29 is 4.79 Å². The van der Waals surface area contributed by atoms with Gasteiger partial charge in [0.2, 0.25) is 0 Å². The monoisotopic (exact) mass is 354 g/mol. The molecule has 0 saturated heterocycles. The summed E-state index contributed by atoms with van der Waals surface area (Å²) in [7, 11) is 0. The van der Waals surface area contributed by atoms with E-state index in [1.807, 2.05) is 29.0 Å². The number of benzene rings is 1. The van der Waals surface area contributed by atoms with Crippen molar-refractivity contribution in [3.05, 3.63) is 58.5 Å². The van der Waals surface area contributed by atoms with Gasteiger partial charge >= 0.3 is 0 Å². The number of hydrogen-bond donors (Lipinski definition) is 1. The Balaban J connectivity index is 1.48. The van der Waals surface area contributed by atoms with E-state index < -0.39 is 0 Å². The van der Waals surface area contributed by atoms with E-state index in [1.165, 1.54) is 17.7 Å². The minimum absolute atomic E-state index is 0.233. The first-order valence-corrected chi connectivity index (χ1v) is 8.75. The Labute approximate surface area is 144 Å².